The standard InChI is InChI=1S/C19H15F3N2O/c20-19(21,22)15-3-1-12(2-4-15)17-8-13(18-10-25-11-24-18)7-14-9-23-6-5-16(14)17/h1-4,7-8,10-11,23H,5-6,9H2. The van der Waals surface area contributed by atoms with Gasteiger partial charge in [0.05, 0.1) is 5.56 Å². The van der Waals surface area contributed by atoms with Crippen molar-refractivity contribution in [3.05, 3.63) is 65.7 Å². The average molecular weight is 344 g/mol. The molecule has 25 heavy (non-hydrogen) atoms. The summed E-state index contributed by atoms with van der Waals surface area (Å²) in [5.74, 6) is 0. The summed E-state index contributed by atoms with van der Waals surface area (Å²) in [6.07, 6.45) is -0.561. The SMILES string of the molecule is FC(F)(F)c1ccc(-c2cc(-c3cocn3)cc3c2CCNC3)cc1. The molecule has 0 atom stereocenters. The molecule has 0 aliphatic carbocycles. The largest absolute Gasteiger partial charge is 0.451 e. The van der Waals surface area contributed by atoms with Crippen LogP contribution in [0.2, 0.25) is 0 Å². The van der Waals surface area contributed by atoms with Crippen LogP contribution in [0, 0.1) is 0 Å². The van der Waals surface area contributed by atoms with Crippen molar-refractivity contribution < 1.29 is 17.6 Å². The number of halogens is 3. The Labute approximate surface area is 142 Å². The first-order valence-corrected chi connectivity index (χ1v) is 7.95. The Morgan fingerprint density at radius 2 is 1.84 bits per heavy atom. The predicted octanol–water partition coefficient (Wildman–Crippen LogP) is 4.67. The molecule has 0 unspecified atom stereocenters. The lowest BCUT2D eigenvalue weighted by Gasteiger charge is -2.22. The molecule has 3 aromatic rings. The van der Waals surface area contributed by atoms with E-state index in [4.69, 9.17) is 4.42 Å². The molecule has 128 valence electrons. The van der Waals surface area contributed by atoms with Crippen molar-refractivity contribution >= 4 is 0 Å². The molecule has 6 heteroatoms. The molecule has 0 radical (unpaired) electrons. The van der Waals surface area contributed by atoms with Gasteiger partial charge < -0.3 is 9.73 Å². The first kappa shape index (κ1) is 15.9. The van der Waals surface area contributed by atoms with E-state index in [1.807, 2.05) is 6.07 Å². The smallest absolute Gasteiger partial charge is 0.416 e. The van der Waals surface area contributed by atoms with Crippen LogP contribution in [0.15, 0.2) is 53.5 Å². The van der Waals surface area contributed by atoms with E-state index in [2.05, 4.69) is 16.4 Å². The van der Waals surface area contributed by atoms with Gasteiger partial charge in [-0.05, 0) is 59.5 Å². The van der Waals surface area contributed by atoms with Gasteiger partial charge in [-0.2, -0.15) is 13.2 Å². The van der Waals surface area contributed by atoms with Crippen molar-refractivity contribution in [2.75, 3.05) is 6.54 Å². The highest BCUT2D eigenvalue weighted by atomic mass is 19.4. The number of nitrogens with one attached hydrogen (secondary N) is 1. The molecule has 0 fully saturated rings. The van der Waals surface area contributed by atoms with Crippen molar-refractivity contribution in [3.63, 3.8) is 0 Å². The number of hydrogen-bond donors (Lipinski definition) is 1. The second-order valence-corrected chi connectivity index (χ2v) is 6.04. The van der Waals surface area contributed by atoms with Gasteiger partial charge in [-0.25, -0.2) is 4.98 Å². The van der Waals surface area contributed by atoms with E-state index in [9.17, 15) is 13.2 Å². The van der Waals surface area contributed by atoms with Crippen molar-refractivity contribution in [1.82, 2.24) is 10.3 Å². The van der Waals surface area contributed by atoms with Gasteiger partial charge in [0.25, 0.3) is 0 Å². The van der Waals surface area contributed by atoms with Crippen LogP contribution in [0.3, 0.4) is 0 Å². The highest BCUT2D eigenvalue weighted by molar-refractivity contribution is 5.76. The fraction of sp³-hybridized carbons (Fsp3) is 0.211. The minimum atomic E-state index is -4.33. The quantitative estimate of drug-likeness (QED) is 0.734. The van der Waals surface area contributed by atoms with Crippen LogP contribution >= 0.6 is 0 Å². The molecule has 2 heterocycles. The molecule has 0 spiro atoms. The number of oxazole rings is 1. The minimum absolute atomic E-state index is 0.639. The van der Waals surface area contributed by atoms with Gasteiger partial charge in [0.2, 0.25) is 0 Å². The van der Waals surface area contributed by atoms with Gasteiger partial charge in [-0.3, -0.25) is 0 Å². The van der Waals surface area contributed by atoms with Gasteiger partial charge in [0, 0.05) is 12.1 Å². The summed E-state index contributed by atoms with van der Waals surface area (Å²) in [7, 11) is 0. The number of hydrogen-bond acceptors (Lipinski definition) is 3. The van der Waals surface area contributed by atoms with Crippen molar-refractivity contribution in [2.24, 2.45) is 0 Å². The summed E-state index contributed by atoms with van der Waals surface area (Å²) < 4.78 is 43.5. The number of rotatable bonds is 2. The minimum Gasteiger partial charge on any atom is -0.451 e. The first-order valence-electron chi connectivity index (χ1n) is 7.95. The summed E-state index contributed by atoms with van der Waals surface area (Å²) >= 11 is 0. The molecule has 0 saturated carbocycles. The molecule has 2 aromatic carbocycles. The van der Waals surface area contributed by atoms with Gasteiger partial charge in [-0.15, -0.1) is 0 Å². The summed E-state index contributed by atoms with van der Waals surface area (Å²) in [5, 5.41) is 3.33. The second kappa shape index (κ2) is 6.04. The summed E-state index contributed by atoms with van der Waals surface area (Å²) in [6, 6.07) is 9.37. The summed E-state index contributed by atoms with van der Waals surface area (Å²) in [4.78, 5) is 4.18. The number of benzene rings is 2. The van der Waals surface area contributed by atoms with E-state index in [1.54, 1.807) is 6.26 Å². The third-order valence-electron chi connectivity index (χ3n) is 4.46. The molecule has 4 rings (SSSR count). The Kier molecular flexibility index (Phi) is 3.84. The van der Waals surface area contributed by atoms with E-state index < -0.39 is 11.7 Å². The van der Waals surface area contributed by atoms with Crippen LogP contribution in [0.5, 0.6) is 0 Å². The van der Waals surface area contributed by atoms with Gasteiger partial charge in [0.15, 0.2) is 6.39 Å². The molecule has 1 aliphatic rings. The fourth-order valence-corrected chi connectivity index (χ4v) is 3.22. The van der Waals surface area contributed by atoms with Gasteiger partial charge >= 0.3 is 6.18 Å². The van der Waals surface area contributed by atoms with E-state index in [0.717, 1.165) is 53.9 Å². The van der Waals surface area contributed by atoms with Crippen LogP contribution < -0.4 is 5.32 Å². The van der Waals surface area contributed by atoms with E-state index in [1.165, 1.54) is 24.1 Å². The zero-order chi connectivity index (χ0) is 17.4. The number of fused-ring (bicyclic) bond motifs is 1. The van der Waals surface area contributed by atoms with E-state index in [0.29, 0.717) is 5.69 Å². The molecule has 1 aliphatic heterocycles. The molecule has 0 amide bonds. The highest BCUT2D eigenvalue weighted by Gasteiger charge is 2.30. The Bertz CT molecular complexity index is 884. The van der Waals surface area contributed by atoms with Crippen molar-refractivity contribution in [2.45, 2.75) is 19.1 Å². The molecule has 1 aromatic heterocycles. The third kappa shape index (κ3) is 3.05. The van der Waals surface area contributed by atoms with Gasteiger partial charge in [0.1, 0.15) is 12.0 Å². The maximum absolute atomic E-state index is 12.8. The Balaban J connectivity index is 1.84. The highest BCUT2D eigenvalue weighted by Crippen LogP contribution is 2.35. The summed E-state index contributed by atoms with van der Waals surface area (Å²) in [6.45, 7) is 1.58. The van der Waals surface area contributed by atoms with Crippen molar-refractivity contribution in [3.8, 4) is 22.4 Å². The number of nitrogens with zero attached hydrogens (tertiary/aromatic N) is 1. The van der Waals surface area contributed by atoms with Crippen LogP contribution in [-0.2, 0) is 19.1 Å². The lowest BCUT2D eigenvalue weighted by molar-refractivity contribution is -0.137. The number of aromatic nitrogens is 1. The maximum atomic E-state index is 12.8. The zero-order valence-electron chi connectivity index (χ0n) is 13.2. The van der Waals surface area contributed by atoms with Gasteiger partial charge in [-0.1, -0.05) is 12.1 Å². The van der Waals surface area contributed by atoms with Crippen molar-refractivity contribution in [1.29, 1.82) is 0 Å². The third-order valence-corrected chi connectivity index (χ3v) is 4.46. The van der Waals surface area contributed by atoms with Crippen LogP contribution in [0.4, 0.5) is 13.2 Å². The predicted molar refractivity (Wildman–Crippen MR) is 87.8 cm³/mol. The van der Waals surface area contributed by atoms with Crippen LogP contribution in [-0.4, -0.2) is 11.5 Å². The maximum Gasteiger partial charge on any atom is 0.416 e. The fourth-order valence-electron chi connectivity index (χ4n) is 3.22. The molecule has 0 bridgehead atoms. The number of alkyl halides is 3. The Hall–Kier alpha value is -2.60. The topological polar surface area (TPSA) is 38.1 Å². The zero-order valence-corrected chi connectivity index (χ0v) is 13.2. The molecule has 0 saturated heterocycles. The van der Waals surface area contributed by atoms with Crippen LogP contribution in [0.25, 0.3) is 22.4 Å². The average Bonchev–Trinajstić information content (AvgIpc) is 3.15. The lowest BCUT2D eigenvalue weighted by Crippen LogP contribution is -2.24. The molecule has 1 N–H and O–H groups in total. The van der Waals surface area contributed by atoms with E-state index in [-0.39, 0.29) is 0 Å². The molecular formula is C19H15F3N2O. The monoisotopic (exact) mass is 344 g/mol. The lowest BCUT2D eigenvalue weighted by atomic mass is 9.88. The summed E-state index contributed by atoms with van der Waals surface area (Å²) in [5.41, 5.74) is 5.00. The second-order valence-electron chi connectivity index (χ2n) is 6.04. The Morgan fingerprint density at radius 3 is 2.52 bits per heavy atom. The normalized spacial score (nSPS) is 14.4. The first-order chi connectivity index (χ1) is 12.0. The molecule has 3 nitrogen and oxygen atoms in total. The van der Waals surface area contributed by atoms with Crippen LogP contribution in [0.1, 0.15) is 16.7 Å². The molecular weight excluding hydrogens is 329 g/mol. The van der Waals surface area contributed by atoms with E-state index >= 15 is 0 Å². The Morgan fingerprint density at radius 1 is 1.04 bits per heavy atom.